The maximum Gasteiger partial charge on any atom is 0.0555 e. The van der Waals surface area contributed by atoms with Crippen molar-refractivity contribution >= 4 is 0 Å². The Morgan fingerprint density at radius 1 is 1.14 bits per heavy atom. The van der Waals surface area contributed by atoms with Gasteiger partial charge in [0.25, 0.3) is 0 Å². The predicted octanol–water partition coefficient (Wildman–Crippen LogP) is 1.67. The molecule has 3 rings (SSSR count). The van der Waals surface area contributed by atoms with Crippen LogP contribution in [-0.2, 0) is 6.54 Å². The minimum absolute atomic E-state index is 0.426. The molecule has 0 bridgehead atoms. The van der Waals surface area contributed by atoms with E-state index in [1.807, 2.05) is 0 Å². The fourth-order valence-corrected chi connectivity index (χ4v) is 3.53. The lowest BCUT2D eigenvalue weighted by molar-refractivity contribution is 0.230. The summed E-state index contributed by atoms with van der Waals surface area (Å²) in [6.07, 6.45) is 4.08. The van der Waals surface area contributed by atoms with E-state index in [9.17, 15) is 0 Å². The standard InChI is InChI=1S/C18H25N3/c19-10-5-8-16-6-1-2-7-17(16)14-20-13-9-18(15-20)21-11-3-4-12-21/h1-2,6-7,18H,3-4,9-15,19H2. The zero-order valence-corrected chi connectivity index (χ0v) is 12.7. The highest BCUT2D eigenvalue weighted by molar-refractivity contribution is 5.41. The van der Waals surface area contributed by atoms with Crippen molar-refractivity contribution in [3.8, 4) is 11.8 Å². The van der Waals surface area contributed by atoms with Crippen molar-refractivity contribution in [3.63, 3.8) is 0 Å². The average molecular weight is 283 g/mol. The molecule has 2 fully saturated rings. The van der Waals surface area contributed by atoms with Crippen molar-refractivity contribution in [3.05, 3.63) is 35.4 Å². The summed E-state index contributed by atoms with van der Waals surface area (Å²) in [7, 11) is 0. The smallest absolute Gasteiger partial charge is 0.0555 e. The van der Waals surface area contributed by atoms with E-state index < -0.39 is 0 Å². The van der Waals surface area contributed by atoms with Crippen LogP contribution in [0.1, 0.15) is 30.4 Å². The first-order valence-corrected chi connectivity index (χ1v) is 8.10. The van der Waals surface area contributed by atoms with Gasteiger partial charge in [-0.25, -0.2) is 0 Å². The summed E-state index contributed by atoms with van der Waals surface area (Å²) >= 11 is 0. The molecule has 1 aromatic carbocycles. The third-order valence-corrected chi connectivity index (χ3v) is 4.64. The van der Waals surface area contributed by atoms with E-state index in [0.717, 1.165) is 18.2 Å². The second-order valence-corrected chi connectivity index (χ2v) is 6.08. The Balaban J connectivity index is 1.62. The van der Waals surface area contributed by atoms with Crippen LogP contribution in [0.15, 0.2) is 24.3 Å². The van der Waals surface area contributed by atoms with Gasteiger partial charge in [0.2, 0.25) is 0 Å². The first kappa shape index (κ1) is 14.6. The SMILES string of the molecule is NCC#Cc1ccccc1CN1CCC(N2CCCC2)C1. The number of rotatable bonds is 3. The Bertz CT molecular complexity index is 523. The lowest BCUT2D eigenvalue weighted by Gasteiger charge is -2.24. The van der Waals surface area contributed by atoms with Crippen molar-refractivity contribution in [1.82, 2.24) is 9.80 Å². The summed E-state index contributed by atoms with van der Waals surface area (Å²) in [5.74, 6) is 6.18. The molecule has 3 heteroatoms. The Labute approximate surface area is 128 Å². The second kappa shape index (κ2) is 7.09. The molecule has 2 N–H and O–H groups in total. The van der Waals surface area contributed by atoms with Crippen molar-refractivity contribution < 1.29 is 0 Å². The van der Waals surface area contributed by atoms with Gasteiger partial charge in [-0.15, -0.1) is 0 Å². The van der Waals surface area contributed by atoms with Crippen molar-refractivity contribution in [2.24, 2.45) is 5.73 Å². The van der Waals surface area contributed by atoms with Crippen LogP contribution in [0.3, 0.4) is 0 Å². The molecular formula is C18H25N3. The molecule has 3 nitrogen and oxygen atoms in total. The number of nitrogens with zero attached hydrogens (tertiary/aromatic N) is 2. The van der Waals surface area contributed by atoms with E-state index in [-0.39, 0.29) is 0 Å². The van der Waals surface area contributed by atoms with E-state index in [1.165, 1.54) is 51.0 Å². The monoisotopic (exact) mass is 283 g/mol. The summed E-state index contributed by atoms with van der Waals surface area (Å²) in [4.78, 5) is 5.26. The van der Waals surface area contributed by atoms with Gasteiger partial charge < -0.3 is 5.73 Å². The minimum atomic E-state index is 0.426. The van der Waals surface area contributed by atoms with Crippen LogP contribution in [0.4, 0.5) is 0 Å². The number of benzene rings is 1. The van der Waals surface area contributed by atoms with Gasteiger partial charge in [-0.2, -0.15) is 0 Å². The lowest BCUT2D eigenvalue weighted by Crippen LogP contribution is -2.35. The Kier molecular flexibility index (Phi) is 4.92. The van der Waals surface area contributed by atoms with Gasteiger partial charge in [0.15, 0.2) is 0 Å². The third-order valence-electron chi connectivity index (χ3n) is 4.64. The first-order chi connectivity index (χ1) is 10.4. The molecule has 0 amide bonds. The molecule has 2 heterocycles. The fourth-order valence-electron chi connectivity index (χ4n) is 3.53. The molecule has 0 aromatic heterocycles. The number of hydrogen-bond acceptors (Lipinski definition) is 3. The minimum Gasteiger partial charge on any atom is -0.320 e. The first-order valence-electron chi connectivity index (χ1n) is 8.10. The zero-order valence-electron chi connectivity index (χ0n) is 12.7. The van der Waals surface area contributed by atoms with Gasteiger partial charge in [-0.3, -0.25) is 9.80 Å². The van der Waals surface area contributed by atoms with Crippen LogP contribution < -0.4 is 5.73 Å². The molecular weight excluding hydrogens is 258 g/mol. The highest BCUT2D eigenvalue weighted by atomic mass is 15.3. The van der Waals surface area contributed by atoms with Crippen molar-refractivity contribution in [2.75, 3.05) is 32.7 Å². The summed E-state index contributed by atoms with van der Waals surface area (Å²) in [5.41, 5.74) is 7.95. The summed E-state index contributed by atoms with van der Waals surface area (Å²) in [6.45, 7) is 6.46. The van der Waals surface area contributed by atoms with Gasteiger partial charge >= 0.3 is 0 Å². The topological polar surface area (TPSA) is 32.5 Å². The molecule has 1 atom stereocenters. The lowest BCUT2D eigenvalue weighted by atomic mass is 10.1. The highest BCUT2D eigenvalue weighted by Crippen LogP contribution is 2.22. The van der Waals surface area contributed by atoms with Crippen molar-refractivity contribution in [2.45, 2.75) is 31.8 Å². The number of hydrogen-bond donors (Lipinski definition) is 1. The van der Waals surface area contributed by atoms with Gasteiger partial charge in [0.05, 0.1) is 6.54 Å². The number of nitrogens with two attached hydrogens (primary N) is 1. The zero-order chi connectivity index (χ0) is 14.5. The predicted molar refractivity (Wildman–Crippen MR) is 86.9 cm³/mol. The maximum atomic E-state index is 5.49. The number of likely N-dealkylation sites (tertiary alicyclic amines) is 2. The van der Waals surface area contributed by atoms with Crippen LogP contribution in [0.2, 0.25) is 0 Å². The van der Waals surface area contributed by atoms with E-state index in [0.29, 0.717) is 6.54 Å². The second-order valence-electron chi connectivity index (χ2n) is 6.08. The van der Waals surface area contributed by atoms with E-state index >= 15 is 0 Å². The maximum absolute atomic E-state index is 5.49. The molecule has 1 unspecified atom stereocenters. The normalized spacial score (nSPS) is 23.2. The molecule has 0 saturated carbocycles. The van der Waals surface area contributed by atoms with E-state index in [2.05, 4.69) is 45.9 Å². The molecule has 21 heavy (non-hydrogen) atoms. The summed E-state index contributed by atoms with van der Waals surface area (Å²) in [5, 5.41) is 0. The van der Waals surface area contributed by atoms with E-state index in [1.54, 1.807) is 0 Å². The van der Waals surface area contributed by atoms with Gasteiger partial charge in [-0.1, -0.05) is 30.0 Å². The van der Waals surface area contributed by atoms with Gasteiger partial charge in [0.1, 0.15) is 0 Å². The van der Waals surface area contributed by atoms with E-state index in [4.69, 9.17) is 5.73 Å². The van der Waals surface area contributed by atoms with Crippen LogP contribution in [0.5, 0.6) is 0 Å². The Morgan fingerprint density at radius 2 is 1.95 bits per heavy atom. The van der Waals surface area contributed by atoms with Crippen molar-refractivity contribution in [1.29, 1.82) is 0 Å². The quantitative estimate of drug-likeness (QED) is 0.857. The molecule has 2 aliphatic heterocycles. The Hall–Kier alpha value is -1.34. The molecule has 0 radical (unpaired) electrons. The van der Waals surface area contributed by atoms with Crippen LogP contribution in [0, 0.1) is 11.8 Å². The van der Waals surface area contributed by atoms with Gasteiger partial charge in [-0.05, 0) is 44.0 Å². The molecule has 1 aromatic rings. The average Bonchev–Trinajstić information content (AvgIpc) is 3.17. The summed E-state index contributed by atoms with van der Waals surface area (Å²) in [6, 6.07) is 9.24. The largest absolute Gasteiger partial charge is 0.320 e. The highest BCUT2D eigenvalue weighted by Gasteiger charge is 2.29. The molecule has 0 spiro atoms. The molecule has 2 saturated heterocycles. The van der Waals surface area contributed by atoms with Gasteiger partial charge in [0, 0.05) is 31.2 Å². The molecule has 112 valence electrons. The summed E-state index contributed by atoms with van der Waals surface area (Å²) < 4.78 is 0. The molecule has 2 aliphatic rings. The Morgan fingerprint density at radius 3 is 2.76 bits per heavy atom. The third kappa shape index (κ3) is 3.65. The van der Waals surface area contributed by atoms with Crippen LogP contribution >= 0.6 is 0 Å². The molecule has 0 aliphatic carbocycles. The fraction of sp³-hybridized carbons (Fsp3) is 0.556. The van der Waals surface area contributed by atoms with Crippen LogP contribution in [-0.4, -0.2) is 48.6 Å². The van der Waals surface area contributed by atoms with Crippen LogP contribution in [0.25, 0.3) is 0 Å².